The molecule has 0 aromatic heterocycles. The number of likely N-dealkylation sites (N-methyl/N-ethyl adjacent to an activating group) is 2. The zero-order valence-corrected chi connectivity index (χ0v) is 43.8. The molecule has 4 unspecified atom stereocenters. The maximum Gasteiger partial charge on any atom is 0.384 e. The Morgan fingerprint density at radius 2 is 1.03 bits per heavy atom. The lowest BCUT2D eigenvalue weighted by atomic mass is 9.82. The van der Waals surface area contributed by atoms with Gasteiger partial charge in [-0.1, -0.05) is 6.07 Å². The van der Waals surface area contributed by atoms with Gasteiger partial charge in [-0.3, -0.25) is 0 Å². The van der Waals surface area contributed by atoms with Crippen LogP contribution in [0.2, 0.25) is 0 Å². The number of rotatable bonds is 23. The van der Waals surface area contributed by atoms with Crippen molar-refractivity contribution < 1.29 is 86.3 Å². The Bertz CT molecular complexity index is 2630. The fourth-order valence-electron chi connectivity index (χ4n) is 11.0. The molecule has 0 saturated carbocycles. The largest absolute Gasteiger partial charge is 0.496 e. The minimum atomic E-state index is -0.869. The van der Waals surface area contributed by atoms with Gasteiger partial charge in [0.05, 0.1) is 148 Å². The summed E-state index contributed by atoms with van der Waals surface area (Å²) >= 11 is 0. The highest BCUT2D eigenvalue weighted by molar-refractivity contribution is 5.98. The van der Waals surface area contributed by atoms with Gasteiger partial charge in [0.15, 0.2) is 34.5 Å². The fraction of sp³-hybridized carbons (Fsp3) is 0.491. The van der Waals surface area contributed by atoms with Crippen LogP contribution in [0.15, 0.2) is 36.4 Å². The van der Waals surface area contributed by atoms with E-state index in [0.29, 0.717) is 129 Å². The molecule has 4 aromatic rings. The van der Waals surface area contributed by atoms with Crippen LogP contribution in [0.5, 0.6) is 46.0 Å². The van der Waals surface area contributed by atoms with Crippen molar-refractivity contribution in [2.24, 2.45) is 0 Å². The van der Waals surface area contributed by atoms with Crippen molar-refractivity contribution in [3.63, 3.8) is 0 Å². The molecule has 0 radical (unpaired) electrons. The van der Waals surface area contributed by atoms with Crippen LogP contribution in [0.4, 0.5) is 0 Å². The summed E-state index contributed by atoms with van der Waals surface area (Å²) in [6, 6.07) is 10.9. The van der Waals surface area contributed by atoms with E-state index >= 15 is 0 Å². The zero-order valence-electron chi connectivity index (χ0n) is 43.8. The number of hydrogen-bond acceptors (Lipinski definition) is 16. The summed E-state index contributed by atoms with van der Waals surface area (Å²) in [4.78, 5) is 25.8. The summed E-state index contributed by atoms with van der Waals surface area (Å²) in [6.07, 6.45) is 2.77. The Morgan fingerprint density at radius 3 is 1.55 bits per heavy atom. The third kappa shape index (κ3) is 11.7. The van der Waals surface area contributed by atoms with E-state index in [1.807, 2.05) is 36.4 Å². The number of carbonyl (C=O) groups excluding carboxylic acids is 2. The van der Waals surface area contributed by atoms with Gasteiger partial charge in [-0.2, -0.15) is 0 Å². The minimum Gasteiger partial charge on any atom is -0.496 e. The standard InChI is InChI=1S/C55H72N2O16/c1-56(19-15-36-28-45(66-5)54(70-9)55(71-10)48(36)42(56)24-34-23-39(31-59)51(67-6)43(25-34)64-3)17-11-21-72-46(62)13-14-47(63)73-22-12-18-57(2)20-16-35-26-38(30-58)41(33-61)53(69-8)49(35)50(57)37-27-40(32-60)52(68-7)44(29-37)65-4/h23,25-29,42,50,58-61H,11-12,15-22,24,30-33H2,1-10H3/q+2. The monoisotopic (exact) mass is 1020 g/mol. The van der Waals surface area contributed by atoms with Gasteiger partial charge in [0.25, 0.3) is 0 Å². The van der Waals surface area contributed by atoms with Crippen molar-refractivity contribution in [2.45, 2.75) is 70.6 Å². The van der Waals surface area contributed by atoms with Crippen LogP contribution >= 0.6 is 0 Å². The molecule has 0 amide bonds. The molecular formula is C55H72N2O16+2. The lowest BCUT2D eigenvalue weighted by molar-refractivity contribution is -0.941. The Balaban J connectivity index is 1.13. The highest BCUT2D eigenvalue weighted by atomic mass is 16.5. The molecule has 0 saturated heterocycles. The van der Waals surface area contributed by atoms with E-state index in [2.05, 4.69) is 25.9 Å². The van der Waals surface area contributed by atoms with Crippen LogP contribution in [-0.2, 0) is 64.8 Å². The number of aliphatic hydroxyl groups excluding tert-OH is 4. The maximum absolute atomic E-state index is 12.9. The molecule has 6 rings (SSSR count). The van der Waals surface area contributed by atoms with Crippen molar-refractivity contribution in [3.05, 3.63) is 92.0 Å². The second-order valence-electron chi connectivity index (χ2n) is 18.6. The molecular weight excluding hydrogens is 945 g/mol. The Hall–Kier alpha value is -6.46. The van der Waals surface area contributed by atoms with E-state index in [9.17, 15) is 30.0 Å². The summed E-state index contributed by atoms with van der Waals surface area (Å²) in [6.45, 7) is 1.40. The van der Waals surface area contributed by atoms with Crippen molar-refractivity contribution in [3.8, 4) is 57.8 Å². The maximum atomic E-state index is 12.9. The van der Waals surface area contributed by atoms with Gasteiger partial charge in [0, 0.05) is 66.2 Å². The van der Waals surface area contributed by atoms with Crippen LogP contribution in [0.1, 0.15) is 80.6 Å². The average molecular weight is 1020 g/mol. The van der Waals surface area contributed by atoms with Crippen molar-refractivity contribution in [2.75, 3.05) is 110 Å². The number of carbonyl (C=O) groups is 2. The lowest BCUT2D eigenvalue weighted by Gasteiger charge is -2.47. The van der Waals surface area contributed by atoms with Crippen LogP contribution in [-0.4, -0.2) is 152 Å². The average Bonchev–Trinajstić information content (AvgIpc) is 3.41. The molecule has 0 aliphatic carbocycles. The van der Waals surface area contributed by atoms with Crippen LogP contribution in [0.25, 0.3) is 0 Å². The quantitative estimate of drug-likeness (QED) is 0.0262. The minimum absolute atomic E-state index is 0.0150. The molecule has 2 aliphatic heterocycles. The summed E-state index contributed by atoms with van der Waals surface area (Å²) in [5.41, 5.74) is 7.71. The first kappa shape index (κ1) is 55.8. The number of hydrogen-bond donors (Lipinski definition) is 4. The van der Waals surface area contributed by atoms with E-state index in [0.717, 1.165) is 39.9 Å². The Labute approximate surface area is 427 Å². The molecule has 0 bridgehead atoms. The van der Waals surface area contributed by atoms with Crippen LogP contribution in [0, 0.1) is 11.8 Å². The zero-order chi connectivity index (χ0) is 53.0. The van der Waals surface area contributed by atoms with Gasteiger partial charge in [-0.15, -0.1) is 0 Å². The topological polar surface area (TPSA) is 207 Å². The first-order valence-electron chi connectivity index (χ1n) is 24.2. The smallest absolute Gasteiger partial charge is 0.384 e. The molecule has 2 heterocycles. The molecule has 0 fully saturated rings. The first-order chi connectivity index (χ1) is 35.2. The Kier molecular flexibility index (Phi) is 19.1. The predicted molar refractivity (Wildman–Crippen MR) is 268 cm³/mol. The molecule has 396 valence electrons. The summed E-state index contributed by atoms with van der Waals surface area (Å²) in [7, 11) is 16.7. The highest BCUT2D eigenvalue weighted by Crippen LogP contribution is 2.52. The molecule has 0 spiro atoms. The summed E-state index contributed by atoms with van der Waals surface area (Å²) in [5.74, 6) is 6.74. The normalized spacial score (nSPS) is 18.8. The lowest BCUT2D eigenvalue weighted by Crippen LogP contribution is -2.53. The third-order valence-corrected chi connectivity index (χ3v) is 14.5. The second-order valence-corrected chi connectivity index (χ2v) is 18.6. The number of esters is 2. The number of ether oxygens (including phenoxy) is 10. The van der Waals surface area contributed by atoms with E-state index in [-0.39, 0.29) is 45.7 Å². The second kappa shape index (κ2) is 25.0. The summed E-state index contributed by atoms with van der Waals surface area (Å²) < 4.78 is 58.1. The molecule has 4 N–H and O–H groups in total. The molecule has 18 heteroatoms. The molecule has 4 aromatic carbocycles. The van der Waals surface area contributed by atoms with Gasteiger partial charge in [-0.05, 0) is 52.6 Å². The molecule has 73 heavy (non-hydrogen) atoms. The number of fused-ring (bicyclic) bond motifs is 2. The van der Waals surface area contributed by atoms with Crippen molar-refractivity contribution in [1.29, 1.82) is 0 Å². The van der Waals surface area contributed by atoms with E-state index in [1.165, 1.54) is 28.4 Å². The third-order valence-electron chi connectivity index (χ3n) is 14.5. The highest BCUT2D eigenvalue weighted by Gasteiger charge is 2.45. The SMILES string of the molecule is COc1cc(CC2c3c(cc(OC)c(OC)c3OC)CC[N+]2(C)CCCOC(=O)C#CC(=O)OCCC[N+]2(C)CCc3cc(CO)c(CO)c(OC)c3C2c2cc(CO)c(OC)c(OC)c2)cc(CO)c1OC. The molecule has 2 aliphatic rings. The van der Waals surface area contributed by atoms with Crippen molar-refractivity contribution in [1.82, 2.24) is 0 Å². The van der Waals surface area contributed by atoms with Gasteiger partial charge in [0.2, 0.25) is 5.75 Å². The van der Waals surface area contributed by atoms with Gasteiger partial charge in [-0.25, -0.2) is 9.59 Å². The Morgan fingerprint density at radius 1 is 0.534 bits per heavy atom. The van der Waals surface area contributed by atoms with E-state index < -0.39 is 18.0 Å². The van der Waals surface area contributed by atoms with Gasteiger partial charge in [0.1, 0.15) is 17.8 Å². The van der Waals surface area contributed by atoms with Crippen LogP contribution < -0.4 is 37.9 Å². The van der Waals surface area contributed by atoms with Crippen LogP contribution in [0.3, 0.4) is 0 Å². The van der Waals surface area contributed by atoms with E-state index in [4.69, 9.17) is 47.4 Å². The first-order valence-corrected chi connectivity index (χ1v) is 24.2. The molecule has 18 nitrogen and oxygen atoms in total. The van der Waals surface area contributed by atoms with E-state index in [1.54, 1.807) is 28.4 Å². The van der Waals surface area contributed by atoms with Gasteiger partial charge >= 0.3 is 11.9 Å². The number of methoxy groups -OCH3 is 8. The fourth-order valence-corrected chi connectivity index (χ4v) is 11.0. The van der Waals surface area contributed by atoms with Gasteiger partial charge < -0.3 is 76.8 Å². The number of nitrogens with zero attached hydrogens (tertiary/aromatic N) is 2. The van der Waals surface area contributed by atoms with Crippen molar-refractivity contribution >= 4 is 11.9 Å². The number of benzene rings is 4. The predicted octanol–water partition coefficient (Wildman–Crippen LogP) is 4.67. The number of quaternary nitrogens is 2. The summed E-state index contributed by atoms with van der Waals surface area (Å²) in [5, 5.41) is 41.4. The number of aliphatic hydroxyl groups is 4. The molecule has 4 atom stereocenters.